The van der Waals surface area contributed by atoms with Crippen LogP contribution < -0.4 is 0 Å². The third kappa shape index (κ3) is 6.24. The van der Waals surface area contributed by atoms with Gasteiger partial charge in [0.25, 0.3) is 10.1 Å². The van der Waals surface area contributed by atoms with E-state index in [2.05, 4.69) is 0 Å². The highest BCUT2D eigenvalue weighted by Crippen LogP contribution is 2.40. The summed E-state index contributed by atoms with van der Waals surface area (Å²) in [6.45, 7) is 4.55. The molecule has 1 amide bonds. The molecule has 0 radical (unpaired) electrons. The maximum Gasteiger partial charge on any atom is 0.314 e. The van der Waals surface area contributed by atoms with Crippen LogP contribution in [-0.4, -0.2) is 51.5 Å². The number of likely N-dealkylation sites (tertiary alicyclic amines) is 1. The summed E-state index contributed by atoms with van der Waals surface area (Å²) in [6, 6.07) is 17.7. The summed E-state index contributed by atoms with van der Waals surface area (Å²) in [5.41, 5.74) is 0.0322. The minimum Gasteiger partial charge on any atom is -0.465 e. The van der Waals surface area contributed by atoms with Gasteiger partial charge in [-0.05, 0) is 43.9 Å². The van der Waals surface area contributed by atoms with Gasteiger partial charge in [0.05, 0.1) is 29.4 Å². The van der Waals surface area contributed by atoms with E-state index in [9.17, 15) is 18.0 Å². The minimum absolute atomic E-state index is 0.0546. The molecule has 8 heteroatoms. The van der Waals surface area contributed by atoms with E-state index in [1.165, 1.54) is 12.1 Å². The Morgan fingerprint density at radius 1 is 1.06 bits per heavy atom. The summed E-state index contributed by atoms with van der Waals surface area (Å²) in [7, 11) is -3.95. The van der Waals surface area contributed by atoms with E-state index in [1.54, 1.807) is 30.0 Å². The first kappa shape index (κ1) is 25.9. The molecule has 2 atom stereocenters. The van der Waals surface area contributed by atoms with Gasteiger partial charge in [-0.25, -0.2) is 0 Å². The highest BCUT2D eigenvalue weighted by Gasteiger charge is 2.54. The molecule has 7 nitrogen and oxygen atoms in total. The number of hydrogen-bond donors (Lipinski definition) is 0. The van der Waals surface area contributed by atoms with Gasteiger partial charge in [-0.3, -0.25) is 13.8 Å². The van der Waals surface area contributed by atoms with Crippen molar-refractivity contribution in [3.8, 4) is 0 Å². The highest BCUT2D eigenvalue weighted by atomic mass is 32.2. The van der Waals surface area contributed by atoms with Crippen LogP contribution in [0, 0.1) is 11.3 Å². The second-order valence-electron chi connectivity index (χ2n) is 8.83. The van der Waals surface area contributed by atoms with Crippen LogP contribution in [0.25, 0.3) is 0 Å². The van der Waals surface area contributed by atoms with Crippen LogP contribution in [0.15, 0.2) is 65.6 Å². The molecular weight excluding hydrogens is 454 g/mol. The minimum atomic E-state index is -3.95. The molecule has 0 spiro atoms. The molecule has 2 aromatic carbocycles. The molecule has 34 heavy (non-hydrogen) atoms. The van der Waals surface area contributed by atoms with Gasteiger partial charge in [0.2, 0.25) is 5.91 Å². The fourth-order valence-electron chi connectivity index (χ4n) is 4.23. The normalized spacial score (nSPS) is 20.5. The Bertz CT molecular complexity index is 1060. The van der Waals surface area contributed by atoms with Crippen molar-refractivity contribution in [1.29, 1.82) is 0 Å². The highest BCUT2D eigenvalue weighted by molar-refractivity contribution is 7.86. The molecule has 184 valence electrons. The molecule has 0 N–H and O–H groups in total. The van der Waals surface area contributed by atoms with E-state index in [-0.39, 0.29) is 30.4 Å². The molecule has 1 unspecified atom stereocenters. The number of carbonyl (C=O) groups excluding carboxylic acids is 2. The zero-order valence-corrected chi connectivity index (χ0v) is 20.6. The van der Waals surface area contributed by atoms with Crippen molar-refractivity contribution >= 4 is 22.0 Å². The molecule has 2 aromatic rings. The summed E-state index contributed by atoms with van der Waals surface area (Å²) < 4.78 is 35.7. The largest absolute Gasteiger partial charge is 0.465 e. The van der Waals surface area contributed by atoms with Crippen molar-refractivity contribution in [1.82, 2.24) is 4.90 Å². The van der Waals surface area contributed by atoms with Crippen LogP contribution in [0.2, 0.25) is 0 Å². The molecular formula is C26H33NO6S. The molecule has 0 bridgehead atoms. The number of carbonyl (C=O) groups is 2. The Hall–Kier alpha value is -2.71. The molecule has 1 heterocycles. The first-order valence-corrected chi connectivity index (χ1v) is 13.1. The molecule has 1 aliphatic rings. The SMILES string of the molecule is CCCCOC(=O)[C@]1(C)CN(CCc2ccccc2)C(=O)C1CCOS(=O)(=O)c1ccccc1. The predicted molar refractivity (Wildman–Crippen MR) is 128 cm³/mol. The lowest BCUT2D eigenvalue weighted by Crippen LogP contribution is -2.39. The lowest BCUT2D eigenvalue weighted by molar-refractivity contribution is -0.157. The predicted octanol–water partition coefficient (Wildman–Crippen LogP) is 3.83. The van der Waals surface area contributed by atoms with Crippen molar-refractivity contribution < 1.29 is 26.9 Å². The van der Waals surface area contributed by atoms with Crippen LogP contribution in [0.4, 0.5) is 0 Å². The van der Waals surface area contributed by atoms with Gasteiger partial charge in [0.1, 0.15) is 0 Å². The van der Waals surface area contributed by atoms with Crippen LogP contribution in [-0.2, 0) is 35.0 Å². The van der Waals surface area contributed by atoms with Crippen molar-refractivity contribution in [3.05, 3.63) is 66.2 Å². The van der Waals surface area contributed by atoms with Crippen LogP contribution in [0.5, 0.6) is 0 Å². The molecule has 0 aromatic heterocycles. The van der Waals surface area contributed by atoms with Crippen LogP contribution in [0.1, 0.15) is 38.7 Å². The number of amides is 1. The number of esters is 1. The van der Waals surface area contributed by atoms with Crippen molar-refractivity contribution in [2.75, 3.05) is 26.3 Å². The molecule has 1 fully saturated rings. The van der Waals surface area contributed by atoms with Crippen molar-refractivity contribution in [3.63, 3.8) is 0 Å². The molecule has 0 aliphatic carbocycles. The Balaban J connectivity index is 1.70. The Labute approximate surface area is 202 Å². The third-order valence-electron chi connectivity index (χ3n) is 6.29. The monoisotopic (exact) mass is 487 g/mol. The molecule has 0 saturated carbocycles. The fourth-order valence-corrected chi connectivity index (χ4v) is 5.17. The van der Waals surface area contributed by atoms with Gasteiger partial charge >= 0.3 is 5.97 Å². The third-order valence-corrected chi connectivity index (χ3v) is 7.61. The van der Waals surface area contributed by atoms with Gasteiger partial charge in [-0.2, -0.15) is 8.42 Å². The standard InChI is InChI=1S/C26H33NO6S/c1-3-4-18-32-25(29)26(2)20-27(17-15-21-11-7-5-8-12-21)24(28)23(26)16-19-33-34(30,31)22-13-9-6-10-14-22/h5-14,23H,3-4,15-20H2,1-2H3/t23?,26-/m1/s1. The van der Waals surface area contributed by atoms with Gasteiger partial charge in [0, 0.05) is 13.1 Å². The van der Waals surface area contributed by atoms with Crippen molar-refractivity contribution in [2.45, 2.75) is 44.4 Å². The maximum absolute atomic E-state index is 13.3. The summed E-state index contributed by atoms with van der Waals surface area (Å²) in [5.74, 6) is -1.32. The lowest BCUT2D eigenvalue weighted by atomic mass is 9.78. The number of nitrogens with zero attached hydrogens (tertiary/aromatic N) is 1. The lowest BCUT2D eigenvalue weighted by Gasteiger charge is -2.26. The van der Waals surface area contributed by atoms with E-state index in [0.29, 0.717) is 19.6 Å². The van der Waals surface area contributed by atoms with E-state index in [1.807, 2.05) is 37.3 Å². The van der Waals surface area contributed by atoms with E-state index in [0.717, 1.165) is 18.4 Å². The summed E-state index contributed by atoms with van der Waals surface area (Å²) in [4.78, 5) is 28.1. The second kappa shape index (κ2) is 11.6. The Morgan fingerprint density at radius 2 is 1.71 bits per heavy atom. The van der Waals surface area contributed by atoms with Gasteiger partial charge in [0.15, 0.2) is 0 Å². The van der Waals surface area contributed by atoms with Crippen LogP contribution in [0.3, 0.4) is 0 Å². The first-order valence-electron chi connectivity index (χ1n) is 11.7. The molecule has 3 rings (SSSR count). The van der Waals surface area contributed by atoms with E-state index in [4.69, 9.17) is 8.92 Å². The summed E-state index contributed by atoms with van der Waals surface area (Å²) >= 11 is 0. The van der Waals surface area contributed by atoms with Crippen molar-refractivity contribution in [2.24, 2.45) is 11.3 Å². The Morgan fingerprint density at radius 3 is 2.35 bits per heavy atom. The zero-order chi connectivity index (χ0) is 24.6. The molecule has 1 aliphatic heterocycles. The van der Waals surface area contributed by atoms with E-state index < -0.39 is 27.4 Å². The fraction of sp³-hybridized carbons (Fsp3) is 0.462. The van der Waals surface area contributed by atoms with E-state index >= 15 is 0 Å². The number of rotatable bonds is 12. The number of ether oxygens (including phenoxy) is 1. The average molecular weight is 488 g/mol. The van der Waals surface area contributed by atoms with Crippen LogP contribution >= 0.6 is 0 Å². The van der Waals surface area contributed by atoms with Gasteiger partial charge < -0.3 is 9.64 Å². The topological polar surface area (TPSA) is 90.0 Å². The first-order chi connectivity index (χ1) is 16.3. The smallest absolute Gasteiger partial charge is 0.314 e. The quantitative estimate of drug-likeness (QED) is 0.257. The van der Waals surface area contributed by atoms with Gasteiger partial charge in [-0.15, -0.1) is 0 Å². The summed E-state index contributed by atoms with van der Waals surface area (Å²) in [5, 5.41) is 0. The number of hydrogen-bond acceptors (Lipinski definition) is 6. The number of benzene rings is 2. The Kier molecular flexibility index (Phi) is 8.85. The second-order valence-corrected chi connectivity index (χ2v) is 10.4. The zero-order valence-electron chi connectivity index (χ0n) is 19.8. The average Bonchev–Trinajstić information content (AvgIpc) is 3.09. The maximum atomic E-state index is 13.3. The summed E-state index contributed by atoms with van der Waals surface area (Å²) in [6.07, 6.45) is 2.41. The number of unbranched alkanes of at least 4 members (excludes halogenated alkanes) is 1. The molecule has 1 saturated heterocycles. The van der Waals surface area contributed by atoms with Gasteiger partial charge in [-0.1, -0.05) is 61.9 Å².